The van der Waals surface area contributed by atoms with Crippen molar-refractivity contribution in [1.29, 1.82) is 0 Å². The quantitative estimate of drug-likeness (QED) is 0.748. The largest absolute Gasteiger partial charge is 0.464 e. The summed E-state index contributed by atoms with van der Waals surface area (Å²) < 4.78 is 16.7. The Morgan fingerprint density at radius 1 is 1.36 bits per heavy atom. The van der Waals surface area contributed by atoms with Crippen molar-refractivity contribution in [2.75, 3.05) is 7.05 Å². The van der Waals surface area contributed by atoms with Crippen molar-refractivity contribution < 1.29 is 8.63 Å². The molecule has 14 heavy (non-hydrogen) atoms. The molecule has 0 radical (unpaired) electrons. The second kappa shape index (κ2) is 3.91. The van der Waals surface area contributed by atoms with E-state index in [4.69, 9.17) is 4.42 Å². The van der Waals surface area contributed by atoms with Crippen LogP contribution in [-0.2, 0) is 11.0 Å². The molecule has 0 saturated carbocycles. The maximum Gasteiger partial charge on any atom is 0.138 e. The second-order valence-corrected chi connectivity index (χ2v) is 3.95. The molecule has 2 rings (SSSR count). The average molecular weight is 210 g/mol. The molecule has 0 bridgehead atoms. The van der Waals surface area contributed by atoms with E-state index in [9.17, 15) is 4.21 Å². The molecule has 1 aromatic carbocycles. The van der Waals surface area contributed by atoms with Crippen molar-refractivity contribution in [3.8, 4) is 0 Å². The maximum absolute atomic E-state index is 11.5. The summed E-state index contributed by atoms with van der Waals surface area (Å²) in [7, 11) is 0.425. The van der Waals surface area contributed by atoms with E-state index < -0.39 is 11.0 Å². The number of nitrogens with one attached hydrogen (secondary N) is 2. The van der Waals surface area contributed by atoms with E-state index in [1.807, 2.05) is 12.1 Å². The van der Waals surface area contributed by atoms with Gasteiger partial charge in [0.15, 0.2) is 0 Å². The molecule has 1 unspecified atom stereocenters. The van der Waals surface area contributed by atoms with Gasteiger partial charge in [-0.25, -0.2) is 9.63 Å². The normalized spacial score (nSPS) is 13.2. The summed E-state index contributed by atoms with van der Waals surface area (Å²) in [5, 5.41) is 1.01. The second-order valence-electron chi connectivity index (χ2n) is 2.74. The summed E-state index contributed by atoms with van der Waals surface area (Å²) >= 11 is 0. The zero-order valence-electron chi connectivity index (χ0n) is 7.61. The third kappa shape index (κ3) is 1.70. The first-order valence-corrected chi connectivity index (χ1v) is 5.27. The highest BCUT2D eigenvalue weighted by Crippen LogP contribution is 2.18. The highest BCUT2D eigenvalue weighted by molar-refractivity contribution is 7.83. The van der Waals surface area contributed by atoms with Crippen LogP contribution in [0.2, 0.25) is 0 Å². The standard InChI is InChI=1S/C9H10N2O2S/c1-10-11-14(12)8-3-2-7-4-5-13-9(7)6-8/h2-6,10-11H,1H3. The zero-order valence-corrected chi connectivity index (χ0v) is 8.43. The Balaban J connectivity index is 2.38. The Hall–Kier alpha value is -1.17. The highest BCUT2D eigenvalue weighted by Gasteiger charge is 2.04. The number of hydrogen-bond acceptors (Lipinski definition) is 3. The molecule has 4 nitrogen and oxygen atoms in total. The van der Waals surface area contributed by atoms with Crippen LogP contribution in [0.4, 0.5) is 0 Å². The van der Waals surface area contributed by atoms with Crippen LogP contribution in [0.25, 0.3) is 11.0 Å². The van der Waals surface area contributed by atoms with Gasteiger partial charge in [0.25, 0.3) is 0 Å². The Bertz CT molecular complexity index is 467. The van der Waals surface area contributed by atoms with Gasteiger partial charge in [-0.1, -0.05) is 0 Å². The first-order chi connectivity index (χ1) is 6.81. The van der Waals surface area contributed by atoms with E-state index in [-0.39, 0.29) is 0 Å². The van der Waals surface area contributed by atoms with Crippen LogP contribution in [0, 0.1) is 0 Å². The number of fused-ring (bicyclic) bond motifs is 1. The van der Waals surface area contributed by atoms with Crippen molar-refractivity contribution in [2.24, 2.45) is 0 Å². The summed E-state index contributed by atoms with van der Waals surface area (Å²) in [6, 6.07) is 7.31. The molecule has 0 amide bonds. The number of hydrogen-bond donors (Lipinski definition) is 2. The fraction of sp³-hybridized carbons (Fsp3) is 0.111. The lowest BCUT2D eigenvalue weighted by atomic mass is 10.3. The minimum Gasteiger partial charge on any atom is -0.464 e. The van der Waals surface area contributed by atoms with Gasteiger partial charge in [-0.15, -0.1) is 0 Å². The molecule has 0 aliphatic carbocycles. The molecule has 1 atom stereocenters. The van der Waals surface area contributed by atoms with Gasteiger partial charge in [-0.05, 0) is 31.3 Å². The molecule has 0 fully saturated rings. The molecule has 1 aromatic heterocycles. The highest BCUT2D eigenvalue weighted by atomic mass is 32.2. The molecule has 0 aliphatic rings. The molecule has 5 heteroatoms. The van der Waals surface area contributed by atoms with Gasteiger partial charge >= 0.3 is 0 Å². The Morgan fingerprint density at radius 2 is 2.21 bits per heavy atom. The topological polar surface area (TPSA) is 54.3 Å². The zero-order chi connectivity index (χ0) is 9.97. The number of benzene rings is 1. The van der Waals surface area contributed by atoms with Crippen molar-refractivity contribution >= 4 is 22.0 Å². The number of hydrazine groups is 1. The SMILES string of the molecule is CNNS(=O)c1ccc2ccoc2c1. The van der Waals surface area contributed by atoms with Crippen molar-refractivity contribution in [1.82, 2.24) is 10.3 Å². The average Bonchev–Trinajstić information content (AvgIpc) is 2.64. The summed E-state index contributed by atoms with van der Waals surface area (Å²) in [4.78, 5) is 3.28. The molecule has 74 valence electrons. The summed E-state index contributed by atoms with van der Waals surface area (Å²) in [6.07, 6.45) is 1.61. The Labute approximate surface area is 83.9 Å². The lowest BCUT2D eigenvalue weighted by molar-refractivity contribution is 0.614. The lowest BCUT2D eigenvalue weighted by Gasteiger charge is -2.01. The van der Waals surface area contributed by atoms with Gasteiger partial charge in [-0.2, -0.15) is 4.83 Å². The van der Waals surface area contributed by atoms with Gasteiger partial charge in [0.2, 0.25) is 0 Å². The van der Waals surface area contributed by atoms with E-state index in [0.717, 1.165) is 11.0 Å². The lowest BCUT2D eigenvalue weighted by Crippen LogP contribution is -2.29. The minimum atomic E-state index is -1.24. The minimum absolute atomic E-state index is 0.682. The molecule has 2 aromatic rings. The Kier molecular flexibility index (Phi) is 2.62. The van der Waals surface area contributed by atoms with Gasteiger partial charge < -0.3 is 4.42 Å². The molecule has 0 aliphatic heterocycles. The molecule has 2 N–H and O–H groups in total. The van der Waals surface area contributed by atoms with Crippen LogP contribution in [0.1, 0.15) is 0 Å². The van der Waals surface area contributed by atoms with Crippen LogP contribution in [0.3, 0.4) is 0 Å². The fourth-order valence-corrected chi connectivity index (χ4v) is 1.91. The molecule has 1 heterocycles. The van der Waals surface area contributed by atoms with Crippen LogP contribution < -0.4 is 10.3 Å². The van der Waals surface area contributed by atoms with E-state index in [1.54, 1.807) is 25.4 Å². The summed E-state index contributed by atoms with van der Waals surface area (Å²) in [5.74, 6) is 0. The van der Waals surface area contributed by atoms with Crippen molar-refractivity contribution in [3.05, 3.63) is 30.5 Å². The maximum atomic E-state index is 11.5. The summed E-state index contributed by atoms with van der Waals surface area (Å²) in [6.45, 7) is 0. The molecule has 0 spiro atoms. The first-order valence-electron chi connectivity index (χ1n) is 4.12. The van der Waals surface area contributed by atoms with E-state index in [0.29, 0.717) is 4.90 Å². The van der Waals surface area contributed by atoms with E-state index in [1.165, 1.54) is 0 Å². The van der Waals surface area contributed by atoms with Gasteiger partial charge in [0.05, 0.1) is 11.2 Å². The molecule has 0 saturated heterocycles. The van der Waals surface area contributed by atoms with E-state index >= 15 is 0 Å². The predicted molar refractivity (Wildman–Crippen MR) is 54.8 cm³/mol. The van der Waals surface area contributed by atoms with Gasteiger partial charge in [0.1, 0.15) is 16.6 Å². The van der Waals surface area contributed by atoms with Gasteiger partial charge in [0, 0.05) is 5.39 Å². The number of furan rings is 1. The molecular formula is C9H10N2O2S. The Morgan fingerprint density at radius 3 is 3.00 bits per heavy atom. The van der Waals surface area contributed by atoms with Crippen LogP contribution in [0.5, 0.6) is 0 Å². The van der Waals surface area contributed by atoms with E-state index in [2.05, 4.69) is 10.3 Å². The summed E-state index contributed by atoms with van der Waals surface area (Å²) in [5.41, 5.74) is 3.37. The smallest absolute Gasteiger partial charge is 0.138 e. The van der Waals surface area contributed by atoms with Crippen molar-refractivity contribution in [2.45, 2.75) is 4.90 Å². The van der Waals surface area contributed by atoms with Gasteiger partial charge in [-0.3, -0.25) is 0 Å². The van der Waals surface area contributed by atoms with Crippen LogP contribution in [-0.4, -0.2) is 11.3 Å². The third-order valence-electron chi connectivity index (χ3n) is 1.84. The van der Waals surface area contributed by atoms with Crippen molar-refractivity contribution in [3.63, 3.8) is 0 Å². The predicted octanol–water partition coefficient (Wildman–Crippen LogP) is 1.18. The van der Waals surface area contributed by atoms with Crippen LogP contribution >= 0.6 is 0 Å². The van der Waals surface area contributed by atoms with Crippen LogP contribution in [0.15, 0.2) is 39.8 Å². The number of rotatable bonds is 3. The third-order valence-corrected chi connectivity index (χ3v) is 2.91. The first kappa shape index (κ1) is 9.39. The monoisotopic (exact) mass is 210 g/mol. The fourth-order valence-electron chi connectivity index (χ4n) is 1.20. The molecular weight excluding hydrogens is 200 g/mol.